The summed E-state index contributed by atoms with van der Waals surface area (Å²) in [4.78, 5) is 11.5. The molecule has 0 spiro atoms. The van der Waals surface area contributed by atoms with Gasteiger partial charge in [0, 0.05) is 19.6 Å². The number of hydrogen-bond acceptors (Lipinski definition) is 3. The summed E-state index contributed by atoms with van der Waals surface area (Å²) in [5.41, 5.74) is 5.35. The lowest BCUT2D eigenvalue weighted by Gasteiger charge is -2.25. The van der Waals surface area contributed by atoms with Crippen molar-refractivity contribution in [1.29, 1.82) is 0 Å². The fraction of sp³-hybridized carbons (Fsp3) is 0.900. The molecule has 0 saturated carbocycles. The number of nitrogens with two attached hydrogens (primary N) is 1. The van der Waals surface area contributed by atoms with Crippen LogP contribution in [0.4, 0.5) is 0 Å². The van der Waals surface area contributed by atoms with Gasteiger partial charge in [0.2, 0.25) is 5.91 Å². The molecule has 0 aliphatic heterocycles. The van der Waals surface area contributed by atoms with Crippen molar-refractivity contribution in [2.45, 2.75) is 45.2 Å². The average molecular weight is 202 g/mol. The molecule has 4 heteroatoms. The van der Waals surface area contributed by atoms with Gasteiger partial charge in [0.25, 0.3) is 0 Å². The highest BCUT2D eigenvalue weighted by molar-refractivity contribution is 5.77. The Morgan fingerprint density at radius 1 is 1.57 bits per heavy atom. The van der Waals surface area contributed by atoms with Crippen molar-refractivity contribution in [1.82, 2.24) is 5.32 Å². The second-order valence-electron chi connectivity index (χ2n) is 4.24. The second-order valence-corrected chi connectivity index (χ2v) is 4.24. The number of rotatable bonds is 6. The third kappa shape index (κ3) is 5.94. The minimum atomic E-state index is -0.320. The quantitative estimate of drug-likeness (QED) is 0.665. The first-order chi connectivity index (χ1) is 6.41. The van der Waals surface area contributed by atoms with Gasteiger partial charge in [0.1, 0.15) is 0 Å². The van der Waals surface area contributed by atoms with Crippen LogP contribution < -0.4 is 11.1 Å². The van der Waals surface area contributed by atoms with Gasteiger partial charge in [-0.05, 0) is 20.3 Å². The third-order valence-electron chi connectivity index (χ3n) is 1.95. The third-order valence-corrected chi connectivity index (χ3v) is 1.95. The van der Waals surface area contributed by atoms with Gasteiger partial charge in [-0.2, -0.15) is 0 Å². The van der Waals surface area contributed by atoms with E-state index in [-0.39, 0.29) is 17.5 Å². The molecule has 0 aliphatic carbocycles. The molecule has 0 saturated heterocycles. The Bertz CT molecular complexity index is 181. The summed E-state index contributed by atoms with van der Waals surface area (Å²) in [5, 5.41) is 2.88. The standard InChI is InChI=1S/C10H22N2O2/c1-5-8(11)6-9(13)12-10(2,3)7-14-4/h8H,5-7,11H2,1-4H3,(H,12,13). The predicted molar refractivity (Wildman–Crippen MR) is 57.0 cm³/mol. The first-order valence-electron chi connectivity index (χ1n) is 4.97. The van der Waals surface area contributed by atoms with Crippen LogP contribution in [-0.2, 0) is 9.53 Å². The molecule has 0 fully saturated rings. The van der Waals surface area contributed by atoms with Gasteiger partial charge >= 0.3 is 0 Å². The Morgan fingerprint density at radius 3 is 2.57 bits per heavy atom. The summed E-state index contributed by atoms with van der Waals surface area (Å²) in [6, 6.07) is -0.0478. The number of carbonyl (C=O) groups excluding carboxylic acids is 1. The van der Waals surface area contributed by atoms with Crippen LogP contribution >= 0.6 is 0 Å². The maximum atomic E-state index is 11.5. The Hall–Kier alpha value is -0.610. The summed E-state index contributed by atoms with van der Waals surface area (Å²) in [6.45, 7) is 6.32. The molecule has 0 aromatic heterocycles. The van der Waals surface area contributed by atoms with Gasteiger partial charge in [-0.25, -0.2) is 0 Å². The van der Waals surface area contributed by atoms with E-state index >= 15 is 0 Å². The highest BCUT2D eigenvalue weighted by atomic mass is 16.5. The number of carbonyl (C=O) groups is 1. The molecule has 84 valence electrons. The maximum absolute atomic E-state index is 11.5. The van der Waals surface area contributed by atoms with Gasteiger partial charge < -0.3 is 15.8 Å². The van der Waals surface area contributed by atoms with Crippen LogP contribution in [0, 0.1) is 0 Å². The van der Waals surface area contributed by atoms with Gasteiger partial charge in [-0.1, -0.05) is 6.92 Å². The molecule has 1 unspecified atom stereocenters. The highest BCUT2D eigenvalue weighted by Gasteiger charge is 2.20. The van der Waals surface area contributed by atoms with E-state index in [1.54, 1.807) is 7.11 Å². The molecule has 0 aromatic carbocycles. The van der Waals surface area contributed by atoms with E-state index < -0.39 is 0 Å². The minimum Gasteiger partial charge on any atom is -0.382 e. The van der Waals surface area contributed by atoms with Crippen LogP contribution in [0.25, 0.3) is 0 Å². The number of hydrogen-bond donors (Lipinski definition) is 2. The molecule has 4 nitrogen and oxygen atoms in total. The molecule has 14 heavy (non-hydrogen) atoms. The van der Waals surface area contributed by atoms with Crippen LogP contribution in [0.3, 0.4) is 0 Å². The Balaban J connectivity index is 3.92. The van der Waals surface area contributed by atoms with E-state index in [0.717, 1.165) is 6.42 Å². The Kier molecular flexibility index (Phi) is 5.72. The van der Waals surface area contributed by atoms with E-state index in [9.17, 15) is 4.79 Å². The van der Waals surface area contributed by atoms with Crippen molar-refractivity contribution in [2.75, 3.05) is 13.7 Å². The van der Waals surface area contributed by atoms with Crippen molar-refractivity contribution in [2.24, 2.45) is 5.73 Å². The van der Waals surface area contributed by atoms with E-state index in [0.29, 0.717) is 13.0 Å². The Labute approximate surface area is 86.2 Å². The van der Waals surface area contributed by atoms with Gasteiger partial charge in [-0.3, -0.25) is 4.79 Å². The van der Waals surface area contributed by atoms with Crippen LogP contribution in [-0.4, -0.2) is 31.2 Å². The summed E-state index contributed by atoms with van der Waals surface area (Å²) in [6.07, 6.45) is 1.20. The summed E-state index contributed by atoms with van der Waals surface area (Å²) >= 11 is 0. The molecule has 0 bridgehead atoms. The average Bonchev–Trinajstić information content (AvgIpc) is 2.02. The summed E-state index contributed by atoms with van der Waals surface area (Å²) in [5.74, 6) is -0.0126. The van der Waals surface area contributed by atoms with Crippen molar-refractivity contribution in [3.63, 3.8) is 0 Å². The molecule has 0 aromatic rings. The number of methoxy groups -OCH3 is 1. The smallest absolute Gasteiger partial charge is 0.222 e. The van der Waals surface area contributed by atoms with E-state index in [4.69, 9.17) is 10.5 Å². The van der Waals surface area contributed by atoms with Crippen LogP contribution in [0.15, 0.2) is 0 Å². The van der Waals surface area contributed by atoms with Crippen molar-refractivity contribution in [3.05, 3.63) is 0 Å². The molecular formula is C10H22N2O2. The molecule has 1 amide bonds. The first kappa shape index (κ1) is 13.4. The van der Waals surface area contributed by atoms with E-state index in [1.165, 1.54) is 0 Å². The van der Waals surface area contributed by atoms with Crippen LogP contribution in [0.2, 0.25) is 0 Å². The molecule has 0 radical (unpaired) electrons. The molecule has 0 heterocycles. The molecule has 0 rings (SSSR count). The number of amides is 1. The molecule has 0 aliphatic rings. The fourth-order valence-corrected chi connectivity index (χ4v) is 1.21. The Morgan fingerprint density at radius 2 is 2.14 bits per heavy atom. The summed E-state index contributed by atoms with van der Waals surface area (Å²) in [7, 11) is 1.62. The molecular weight excluding hydrogens is 180 g/mol. The van der Waals surface area contributed by atoms with E-state index in [2.05, 4.69) is 5.32 Å². The second kappa shape index (κ2) is 5.98. The minimum absolute atomic E-state index is 0.0126. The van der Waals surface area contributed by atoms with E-state index in [1.807, 2.05) is 20.8 Å². The van der Waals surface area contributed by atoms with Gasteiger partial charge in [0.15, 0.2) is 0 Å². The normalized spacial score (nSPS) is 13.8. The monoisotopic (exact) mass is 202 g/mol. The number of ether oxygens (including phenoxy) is 1. The largest absolute Gasteiger partial charge is 0.382 e. The SMILES string of the molecule is CCC(N)CC(=O)NC(C)(C)COC. The molecule has 1 atom stereocenters. The molecule has 3 N–H and O–H groups in total. The van der Waals surface area contributed by atoms with Crippen molar-refractivity contribution in [3.8, 4) is 0 Å². The van der Waals surface area contributed by atoms with Crippen molar-refractivity contribution < 1.29 is 9.53 Å². The topological polar surface area (TPSA) is 64.4 Å². The van der Waals surface area contributed by atoms with Gasteiger partial charge in [-0.15, -0.1) is 0 Å². The van der Waals surface area contributed by atoms with Crippen LogP contribution in [0.1, 0.15) is 33.6 Å². The zero-order valence-corrected chi connectivity index (χ0v) is 9.59. The van der Waals surface area contributed by atoms with Gasteiger partial charge in [0.05, 0.1) is 12.1 Å². The van der Waals surface area contributed by atoms with Crippen molar-refractivity contribution >= 4 is 5.91 Å². The van der Waals surface area contributed by atoms with Crippen LogP contribution in [0.5, 0.6) is 0 Å². The maximum Gasteiger partial charge on any atom is 0.222 e. The fourth-order valence-electron chi connectivity index (χ4n) is 1.21. The lowest BCUT2D eigenvalue weighted by Crippen LogP contribution is -2.48. The lowest BCUT2D eigenvalue weighted by molar-refractivity contribution is -0.123. The predicted octanol–water partition coefficient (Wildman–Crippen LogP) is 0.655. The number of nitrogens with one attached hydrogen (secondary N) is 1. The zero-order chi connectivity index (χ0) is 11.2. The highest BCUT2D eigenvalue weighted by Crippen LogP contribution is 2.03. The lowest BCUT2D eigenvalue weighted by atomic mass is 10.1. The first-order valence-corrected chi connectivity index (χ1v) is 4.97. The zero-order valence-electron chi connectivity index (χ0n) is 9.59. The summed E-state index contributed by atoms with van der Waals surface area (Å²) < 4.78 is 4.99.